The molecule has 2 atom stereocenters. The van der Waals surface area contributed by atoms with E-state index in [9.17, 15) is 0 Å². The summed E-state index contributed by atoms with van der Waals surface area (Å²) in [4.78, 5) is 2.73. The third-order valence-corrected chi connectivity index (χ3v) is 6.93. The van der Waals surface area contributed by atoms with E-state index in [1.807, 2.05) is 0 Å². The smallest absolute Gasteiger partial charge is 0.269 e. The normalized spacial score (nSPS) is 19.9. The topological polar surface area (TPSA) is 3.24 Å². The Morgan fingerprint density at radius 2 is 1.77 bits per heavy atom. The lowest BCUT2D eigenvalue weighted by molar-refractivity contribution is 0.305. The molecule has 166 valence electrons. The number of nitrogens with zero attached hydrogens (tertiary/aromatic N) is 1. The van der Waals surface area contributed by atoms with Crippen molar-refractivity contribution < 1.29 is 0 Å². The van der Waals surface area contributed by atoms with Crippen molar-refractivity contribution >= 4 is 12.3 Å². The van der Waals surface area contributed by atoms with E-state index in [0.29, 0.717) is 30.7 Å². The van der Waals surface area contributed by atoms with Gasteiger partial charge >= 0.3 is 0 Å². The average molecular weight is 415 g/mol. The molecule has 0 heterocycles. The van der Waals surface area contributed by atoms with Crippen LogP contribution in [-0.4, -0.2) is 23.7 Å². The molecule has 0 aliphatic heterocycles. The Labute approximate surface area is 192 Å². The summed E-state index contributed by atoms with van der Waals surface area (Å²) >= 11 is 0. The molecule has 0 fully saturated rings. The van der Waals surface area contributed by atoms with Crippen molar-refractivity contribution in [3.8, 4) is 0 Å². The summed E-state index contributed by atoms with van der Waals surface area (Å²) in [5.41, 5.74) is 5.97. The molecule has 1 aromatic carbocycles. The number of fused-ring (bicyclic) bond motifs is 1. The Balaban J connectivity index is 1.95. The second-order valence-corrected chi connectivity index (χ2v) is 9.91. The Morgan fingerprint density at radius 1 is 1.03 bits per heavy atom. The number of hydrogen-bond acceptors (Lipinski definition) is 1. The van der Waals surface area contributed by atoms with Gasteiger partial charge < -0.3 is 4.81 Å². The Hall–Kier alpha value is -1.80. The summed E-state index contributed by atoms with van der Waals surface area (Å²) < 4.78 is 0. The van der Waals surface area contributed by atoms with Crippen LogP contribution in [0.5, 0.6) is 0 Å². The second kappa shape index (κ2) is 11.2. The highest BCUT2D eigenvalue weighted by atomic mass is 15.1. The van der Waals surface area contributed by atoms with E-state index in [0.717, 1.165) is 6.42 Å². The number of unbranched alkanes of at least 4 members (excludes halogenated alkanes) is 3. The molecule has 0 bridgehead atoms. The minimum Gasteiger partial charge on any atom is -0.333 e. The molecule has 1 unspecified atom stereocenters. The van der Waals surface area contributed by atoms with Crippen LogP contribution >= 0.6 is 0 Å². The third-order valence-electron chi connectivity index (χ3n) is 6.93. The maximum absolute atomic E-state index is 4.03. The van der Waals surface area contributed by atoms with Gasteiger partial charge in [-0.15, -0.1) is 6.58 Å². The molecule has 3 rings (SSSR count). The van der Waals surface area contributed by atoms with E-state index in [4.69, 9.17) is 0 Å². The first kappa shape index (κ1) is 23.9. The molecule has 2 aliphatic carbocycles. The number of rotatable bonds is 12. The molecule has 0 aromatic heterocycles. The van der Waals surface area contributed by atoms with Crippen LogP contribution in [0.25, 0.3) is 5.47 Å². The molecule has 0 radical (unpaired) electrons. The summed E-state index contributed by atoms with van der Waals surface area (Å²) in [6.45, 7) is 16.1. The average Bonchev–Trinajstić information content (AvgIpc) is 3.34. The van der Waals surface area contributed by atoms with Gasteiger partial charge in [-0.1, -0.05) is 120 Å². The van der Waals surface area contributed by atoms with Gasteiger partial charge in [-0.05, 0) is 48.3 Å². The van der Waals surface area contributed by atoms with E-state index in [1.54, 1.807) is 0 Å². The van der Waals surface area contributed by atoms with Crippen LogP contribution in [0.15, 0.2) is 66.8 Å². The number of allylic oxidation sites excluding steroid dienone is 6. The van der Waals surface area contributed by atoms with E-state index in [-0.39, 0.29) is 0 Å². The predicted octanol–water partition coefficient (Wildman–Crippen LogP) is 8.23. The number of hydrogen-bond donors (Lipinski definition) is 0. The van der Waals surface area contributed by atoms with Crippen LogP contribution in [0.4, 0.5) is 0 Å². The molecule has 0 saturated heterocycles. The van der Waals surface area contributed by atoms with E-state index >= 15 is 0 Å². The fourth-order valence-corrected chi connectivity index (χ4v) is 5.63. The SMILES string of the molecule is C=CC[C@H]1C=C(B(C2C=CC(CCCCCC)=C2)N(C(C)C)C(C)C)c2ccccc21. The Bertz CT molecular complexity index is 821. The van der Waals surface area contributed by atoms with Gasteiger partial charge in [0.1, 0.15) is 0 Å². The lowest BCUT2D eigenvalue weighted by atomic mass is 9.43. The van der Waals surface area contributed by atoms with Gasteiger partial charge in [0, 0.05) is 5.92 Å². The highest BCUT2D eigenvalue weighted by molar-refractivity contribution is 6.79. The fraction of sp³-hybridized carbons (Fsp3) is 0.517. The first-order valence-corrected chi connectivity index (χ1v) is 12.6. The molecule has 1 nitrogen and oxygen atoms in total. The summed E-state index contributed by atoms with van der Waals surface area (Å²) in [5.74, 6) is 0.892. The first-order valence-electron chi connectivity index (χ1n) is 12.6. The van der Waals surface area contributed by atoms with Crippen LogP contribution in [-0.2, 0) is 0 Å². The van der Waals surface area contributed by atoms with Crippen molar-refractivity contribution in [2.75, 3.05) is 0 Å². The summed E-state index contributed by atoms with van der Waals surface area (Å²) in [6.07, 6.45) is 19.6. The van der Waals surface area contributed by atoms with Crippen LogP contribution in [0.2, 0.25) is 5.82 Å². The molecule has 1 aromatic rings. The highest BCUT2D eigenvalue weighted by Gasteiger charge is 2.40. The van der Waals surface area contributed by atoms with E-state index < -0.39 is 0 Å². The Kier molecular flexibility index (Phi) is 8.61. The lowest BCUT2D eigenvalue weighted by Crippen LogP contribution is -2.50. The summed E-state index contributed by atoms with van der Waals surface area (Å²) in [6, 6.07) is 10.0. The summed E-state index contributed by atoms with van der Waals surface area (Å²) in [7, 11) is 0. The zero-order chi connectivity index (χ0) is 22.4. The van der Waals surface area contributed by atoms with Gasteiger partial charge in [0.2, 0.25) is 0 Å². The zero-order valence-electron chi connectivity index (χ0n) is 20.5. The highest BCUT2D eigenvalue weighted by Crippen LogP contribution is 2.44. The second-order valence-electron chi connectivity index (χ2n) is 9.91. The molecule has 0 saturated carbocycles. The van der Waals surface area contributed by atoms with Crippen LogP contribution in [0.3, 0.4) is 0 Å². The van der Waals surface area contributed by atoms with Crippen LogP contribution in [0, 0.1) is 0 Å². The molecule has 2 aliphatic rings. The quantitative estimate of drug-likeness (QED) is 0.189. The van der Waals surface area contributed by atoms with Gasteiger partial charge in [-0.25, -0.2) is 0 Å². The van der Waals surface area contributed by atoms with Gasteiger partial charge in [0.15, 0.2) is 0 Å². The van der Waals surface area contributed by atoms with Gasteiger partial charge in [0.05, 0.1) is 0 Å². The maximum Gasteiger partial charge on any atom is 0.269 e. The van der Waals surface area contributed by atoms with Gasteiger partial charge in [0.25, 0.3) is 6.85 Å². The van der Waals surface area contributed by atoms with Gasteiger partial charge in [-0.2, -0.15) is 0 Å². The van der Waals surface area contributed by atoms with Crippen molar-refractivity contribution in [2.45, 2.75) is 97.0 Å². The first-order chi connectivity index (χ1) is 15.0. The van der Waals surface area contributed by atoms with E-state index in [1.165, 1.54) is 54.3 Å². The Morgan fingerprint density at radius 3 is 2.45 bits per heavy atom. The molecule has 0 spiro atoms. The van der Waals surface area contributed by atoms with Crippen LogP contribution < -0.4 is 0 Å². The largest absolute Gasteiger partial charge is 0.333 e. The van der Waals surface area contributed by atoms with E-state index in [2.05, 4.69) is 101 Å². The van der Waals surface area contributed by atoms with Crippen molar-refractivity contribution in [1.29, 1.82) is 0 Å². The maximum atomic E-state index is 4.03. The standard InChI is InChI=1S/C29H42BN/c1-7-9-10-11-15-24-18-19-26(20-24)30(31(22(3)4)23(5)6)29-21-25(14-8-2)27-16-12-13-17-28(27)29/h8,12-13,16-23,25-26H,2,7,9-11,14-15H2,1,3-6H3/t25-,26?/m0/s1. The van der Waals surface area contributed by atoms with Crippen molar-refractivity contribution in [1.82, 2.24) is 4.81 Å². The van der Waals surface area contributed by atoms with Crippen molar-refractivity contribution in [3.05, 3.63) is 77.9 Å². The minimum absolute atomic E-state index is 0.375. The predicted molar refractivity (Wildman–Crippen MR) is 140 cm³/mol. The lowest BCUT2D eigenvalue weighted by Gasteiger charge is -2.39. The zero-order valence-corrected chi connectivity index (χ0v) is 20.5. The third kappa shape index (κ3) is 5.53. The van der Waals surface area contributed by atoms with Crippen molar-refractivity contribution in [3.63, 3.8) is 0 Å². The van der Waals surface area contributed by atoms with Crippen molar-refractivity contribution in [2.24, 2.45) is 0 Å². The number of benzene rings is 1. The molecule has 0 N–H and O–H groups in total. The fourth-order valence-electron chi connectivity index (χ4n) is 5.63. The molecular formula is C29H42BN. The minimum atomic E-state index is 0.375. The van der Waals surface area contributed by atoms with Gasteiger partial charge in [-0.3, -0.25) is 0 Å². The van der Waals surface area contributed by atoms with Crippen LogP contribution in [0.1, 0.15) is 90.2 Å². The molecular weight excluding hydrogens is 373 g/mol. The monoisotopic (exact) mass is 415 g/mol. The molecule has 31 heavy (non-hydrogen) atoms. The molecule has 0 amide bonds. The summed E-state index contributed by atoms with van der Waals surface area (Å²) in [5, 5.41) is 0. The molecule has 2 heteroatoms.